The molecule has 3 N–H and O–H groups in total. The van der Waals surface area contributed by atoms with E-state index in [1.807, 2.05) is 44.4 Å². The SMILES string of the molecule is CN(C)CCCCNC(=O)[C@@H]1CC(=O)N2CCC[C@@H]2C(=O)N(C)CC(=O)N[C@H](Cc2ccccc2)COc2ccccc2C(=O)N1. The first-order chi connectivity index (χ1) is 22.1. The lowest BCUT2D eigenvalue weighted by atomic mass is 10.1. The largest absolute Gasteiger partial charge is 0.491 e. The molecule has 3 atom stereocenters. The second kappa shape index (κ2) is 16.7. The fraction of sp³-hybridized carbons (Fsp3) is 0.500. The van der Waals surface area contributed by atoms with Crippen molar-refractivity contribution in [2.45, 2.75) is 56.7 Å². The minimum Gasteiger partial charge on any atom is -0.491 e. The molecular weight excluding hydrogens is 588 g/mol. The highest BCUT2D eigenvalue weighted by molar-refractivity contribution is 6.01. The van der Waals surface area contributed by atoms with E-state index < -0.39 is 35.8 Å². The van der Waals surface area contributed by atoms with Crippen LogP contribution >= 0.6 is 0 Å². The second-order valence-electron chi connectivity index (χ2n) is 12.2. The smallest absolute Gasteiger partial charge is 0.255 e. The number of para-hydroxylation sites is 1. The van der Waals surface area contributed by atoms with Gasteiger partial charge in [-0.05, 0) is 70.4 Å². The van der Waals surface area contributed by atoms with E-state index in [2.05, 4.69) is 20.9 Å². The van der Waals surface area contributed by atoms with Gasteiger partial charge in [0.15, 0.2) is 0 Å². The van der Waals surface area contributed by atoms with E-state index in [9.17, 15) is 24.0 Å². The van der Waals surface area contributed by atoms with Gasteiger partial charge in [-0.3, -0.25) is 24.0 Å². The maximum Gasteiger partial charge on any atom is 0.255 e. The minimum absolute atomic E-state index is 0.0499. The Kier molecular flexibility index (Phi) is 12.5. The van der Waals surface area contributed by atoms with Crippen LogP contribution in [0.25, 0.3) is 0 Å². The molecule has 0 aliphatic carbocycles. The molecular formula is C34H46N6O6. The number of rotatable bonds is 8. The molecule has 1 saturated heterocycles. The Morgan fingerprint density at radius 3 is 2.50 bits per heavy atom. The molecule has 46 heavy (non-hydrogen) atoms. The number of nitrogens with zero attached hydrogens (tertiary/aromatic N) is 3. The highest BCUT2D eigenvalue weighted by Crippen LogP contribution is 2.22. The van der Waals surface area contributed by atoms with E-state index >= 15 is 0 Å². The molecule has 0 saturated carbocycles. The number of likely N-dealkylation sites (N-methyl/N-ethyl adjacent to an activating group) is 1. The Morgan fingerprint density at radius 1 is 1.00 bits per heavy atom. The van der Waals surface area contributed by atoms with Gasteiger partial charge in [-0.1, -0.05) is 42.5 Å². The van der Waals surface area contributed by atoms with Crippen LogP contribution in [-0.4, -0.2) is 116 Å². The van der Waals surface area contributed by atoms with E-state index in [1.54, 1.807) is 31.3 Å². The summed E-state index contributed by atoms with van der Waals surface area (Å²) in [5, 5.41) is 8.61. The predicted octanol–water partition coefficient (Wildman–Crippen LogP) is 1.20. The number of carbonyl (C=O) groups excluding carboxylic acids is 5. The van der Waals surface area contributed by atoms with Crippen LogP contribution in [-0.2, 0) is 25.6 Å². The summed E-state index contributed by atoms with van der Waals surface area (Å²) in [5.41, 5.74) is 1.18. The number of amides is 5. The van der Waals surface area contributed by atoms with E-state index in [4.69, 9.17) is 4.74 Å². The summed E-state index contributed by atoms with van der Waals surface area (Å²) in [6.45, 7) is 1.47. The number of hydrogen-bond acceptors (Lipinski definition) is 7. The molecule has 2 aliphatic heterocycles. The van der Waals surface area contributed by atoms with E-state index in [0.717, 1.165) is 24.9 Å². The van der Waals surface area contributed by atoms with Crippen molar-refractivity contribution >= 4 is 29.5 Å². The van der Waals surface area contributed by atoms with Gasteiger partial charge in [0.05, 0.1) is 24.6 Å². The third-order valence-corrected chi connectivity index (χ3v) is 8.21. The van der Waals surface area contributed by atoms with Crippen molar-refractivity contribution in [3.05, 3.63) is 65.7 Å². The molecule has 4 rings (SSSR count). The molecule has 248 valence electrons. The van der Waals surface area contributed by atoms with Crippen molar-refractivity contribution in [3.63, 3.8) is 0 Å². The molecule has 12 heteroatoms. The van der Waals surface area contributed by atoms with Crippen molar-refractivity contribution in [1.29, 1.82) is 0 Å². The van der Waals surface area contributed by atoms with E-state index in [1.165, 1.54) is 9.80 Å². The first-order valence-corrected chi connectivity index (χ1v) is 15.9. The summed E-state index contributed by atoms with van der Waals surface area (Å²) in [5.74, 6) is -1.90. The van der Waals surface area contributed by atoms with E-state index in [-0.39, 0.29) is 42.7 Å². The summed E-state index contributed by atoms with van der Waals surface area (Å²) < 4.78 is 6.12. The zero-order chi connectivity index (χ0) is 33.1. The zero-order valence-corrected chi connectivity index (χ0v) is 27.0. The fourth-order valence-electron chi connectivity index (χ4n) is 5.79. The lowest BCUT2D eigenvalue weighted by Crippen LogP contribution is -2.53. The summed E-state index contributed by atoms with van der Waals surface area (Å²) in [7, 11) is 5.50. The average molecular weight is 635 g/mol. The van der Waals surface area contributed by atoms with Crippen LogP contribution in [0.2, 0.25) is 0 Å². The van der Waals surface area contributed by atoms with Gasteiger partial charge in [0, 0.05) is 20.1 Å². The Morgan fingerprint density at radius 2 is 1.74 bits per heavy atom. The summed E-state index contributed by atoms with van der Waals surface area (Å²) >= 11 is 0. The quantitative estimate of drug-likeness (QED) is 0.371. The molecule has 2 aromatic rings. The van der Waals surface area contributed by atoms with Gasteiger partial charge in [0.2, 0.25) is 23.6 Å². The van der Waals surface area contributed by atoms with Crippen molar-refractivity contribution in [1.82, 2.24) is 30.7 Å². The highest BCUT2D eigenvalue weighted by atomic mass is 16.5. The number of hydrogen-bond donors (Lipinski definition) is 3. The molecule has 2 heterocycles. The number of nitrogens with one attached hydrogen (secondary N) is 3. The maximum absolute atomic E-state index is 13.6. The Hall–Kier alpha value is -4.45. The van der Waals surface area contributed by atoms with E-state index in [0.29, 0.717) is 32.4 Å². The van der Waals surface area contributed by atoms with Crippen molar-refractivity contribution in [2.24, 2.45) is 0 Å². The molecule has 2 aromatic carbocycles. The maximum atomic E-state index is 13.6. The van der Waals surface area contributed by atoms with Gasteiger partial charge in [-0.25, -0.2) is 0 Å². The third kappa shape index (κ3) is 9.77. The van der Waals surface area contributed by atoms with Crippen LogP contribution in [0.1, 0.15) is 48.0 Å². The minimum atomic E-state index is -1.17. The second-order valence-corrected chi connectivity index (χ2v) is 12.2. The van der Waals surface area contributed by atoms with Crippen LogP contribution in [0, 0.1) is 0 Å². The molecule has 0 aromatic heterocycles. The summed E-state index contributed by atoms with van der Waals surface area (Å²) in [6, 6.07) is 13.9. The molecule has 0 radical (unpaired) electrons. The molecule has 0 spiro atoms. The topological polar surface area (TPSA) is 140 Å². The Labute approximate surface area is 270 Å². The van der Waals surface area contributed by atoms with Gasteiger partial charge in [-0.15, -0.1) is 0 Å². The van der Waals surface area contributed by atoms with Gasteiger partial charge < -0.3 is 35.4 Å². The normalized spacial score (nSPS) is 21.5. The first kappa shape index (κ1) is 34.4. The molecule has 0 bridgehead atoms. The molecule has 1 fully saturated rings. The standard InChI is InChI=1S/C34H46N6O6/c1-38(2)18-10-9-17-35-33(44)27-21-31(42)40-19-11-15-28(40)34(45)39(3)22-30(41)36-25(20-24-12-5-4-6-13-24)23-46-29-16-8-7-14-26(29)32(43)37-27/h4-8,12-14,16,25,27-28H,9-11,15,17-23H2,1-3H3,(H,35,44)(H,36,41)(H,37,43)/t25-,27+,28-/m1/s1. The highest BCUT2D eigenvalue weighted by Gasteiger charge is 2.38. The monoisotopic (exact) mass is 634 g/mol. The van der Waals surface area contributed by atoms with Crippen LogP contribution < -0.4 is 20.7 Å². The van der Waals surface area contributed by atoms with Crippen LogP contribution in [0.5, 0.6) is 5.75 Å². The van der Waals surface area contributed by atoms with Crippen molar-refractivity contribution in [2.75, 3.05) is 53.9 Å². The van der Waals surface area contributed by atoms with Gasteiger partial charge in [-0.2, -0.15) is 0 Å². The molecule has 0 unspecified atom stereocenters. The summed E-state index contributed by atoms with van der Waals surface area (Å²) in [6.07, 6.45) is 2.82. The van der Waals surface area contributed by atoms with Crippen LogP contribution in [0.4, 0.5) is 0 Å². The number of unbranched alkanes of at least 4 members (excludes halogenated alkanes) is 1. The number of benzene rings is 2. The van der Waals surface area contributed by atoms with Gasteiger partial charge in [0.1, 0.15) is 24.4 Å². The van der Waals surface area contributed by atoms with Crippen molar-refractivity contribution < 1.29 is 28.7 Å². The predicted molar refractivity (Wildman–Crippen MR) is 173 cm³/mol. The van der Waals surface area contributed by atoms with Gasteiger partial charge >= 0.3 is 0 Å². The number of fused-ring (bicyclic) bond motifs is 2. The Bertz CT molecular complexity index is 1370. The van der Waals surface area contributed by atoms with Crippen LogP contribution in [0.15, 0.2) is 54.6 Å². The third-order valence-electron chi connectivity index (χ3n) is 8.21. The number of carbonyl (C=O) groups is 5. The van der Waals surface area contributed by atoms with Gasteiger partial charge in [0.25, 0.3) is 5.91 Å². The lowest BCUT2D eigenvalue weighted by Gasteiger charge is -2.29. The van der Waals surface area contributed by atoms with Crippen molar-refractivity contribution in [3.8, 4) is 5.75 Å². The Balaban J connectivity index is 1.61. The molecule has 12 nitrogen and oxygen atoms in total. The number of ether oxygens (including phenoxy) is 1. The lowest BCUT2D eigenvalue weighted by molar-refractivity contribution is -0.145. The molecule has 5 amide bonds. The fourth-order valence-corrected chi connectivity index (χ4v) is 5.79. The van der Waals surface area contributed by atoms with Crippen LogP contribution in [0.3, 0.4) is 0 Å². The zero-order valence-electron chi connectivity index (χ0n) is 27.0. The average Bonchev–Trinajstić information content (AvgIpc) is 3.53. The molecule has 2 aliphatic rings. The summed E-state index contributed by atoms with van der Waals surface area (Å²) in [4.78, 5) is 72.1. The first-order valence-electron chi connectivity index (χ1n) is 15.9.